The van der Waals surface area contributed by atoms with E-state index in [0.29, 0.717) is 27.8 Å². The van der Waals surface area contributed by atoms with Crippen molar-refractivity contribution < 1.29 is 18.4 Å². The number of benzene rings is 3. The number of nitrogens with zero attached hydrogens (tertiary/aromatic N) is 2. The number of aliphatic hydroxyl groups is 1. The molecule has 11 heteroatoms. The highest BCUT2D eigenvalue weighted by molar-refractivity contribution is 7.89. The lowest BCUT2D eigenvalue weighted by Gasteiger charge is -2.22. The van der Waals surface area contributed by atoms with Crippen molar-refractivity contribution in [2.24, 2.45) is 0 Å². The van der Waals surface area contributed by atoms with E-state index in [1.807, 2.05) is 25.1 Å². The smallest absolute Gasteiger partial charge is 0.269 e. The first kappa shape index (κ1) is 27.0. The number of rotatable bonds is 9. The summed E-state index contributed by atoms with van der Waals surface area (Å²) in [6.45, 7) is 1.75. The average molecular weight is 560 g/mol. The second-order valence-electron chi connectivity index (χ2n) is 8.40. The number of pyridine rings is 1. The van der Waals surface area contributed by atoms with Gasteiger partial charge < -0.3 is 5.11 Å². The van der Waals surface area contributed by atoms with Crippen LogP contribution in [0.2, 0.25) is 0 Å². The van der Waals surface area contributed by atoms with Gasteiger partial charge in [-0.05, 0) is 41.3 Å². The van der Waals surface area contributed by atoms with Crippen LogP contribution < -0.4 is 4.72 Å². The molecule has 4 rings (SSSR count). The Balaban J connectivity index is 1.75. The molecular weight excluding hydrogens is 537 g/mol. The van der Waals surface area contributed by atoms with Gasteiger partial charge in [-0.3, -0.25) is 15.1 Å². The fraction of sp³-hybridized carbons (Fsp3) is 0.192. The molecule has 0 bridgehead atoms. The van der Waals surface area contributed by atoms with Gasteiger partial charge in [0.1, 0.15) is 6.10 Å². The van der Waals surface area contributed by atoms with Crippen LogP contribution in [0.15, 0.2) is 71.6 Å². The maximum atomic E-state index is 13.3. The van der Waals surface area contributed by atoms with E-state index in [0.717, 1.165) is 11.1 Å². The molecule has 1 atom stereocenters. The molecule has 4 aromatic rings. The van der Waals surface area contributed by atoms with E-state index >= 15 is 0 Å². The molecule has 0 saturated carbocycles. The Morgan fingerprint density at radius 1 is 1.03 bits per heavy atom. The third-order valence-electron chi connectivity index (χ3n) is 6.04. The van der Waals surface area contributed by atoms with Gasteiger partial charge in [-0.2, -0.15) is 0 Å². The lowest BCUT2D eigenvalue weighted by molar-refractivity contribution is -0.384. The number of hydrogen-bond donors (Lipinski definition) is 2. The first-order valence-electron chi connectivity index (χ1n) is 11.2. The van der Waals surface area contributed by atoms with Crippen molar-refractivity contribution in [1.29, 1.82) is 0 Å². The Morgan fingerprint density at radius 2 is 1.76 bits per heavy atom. The maximum Gasteiger partial charge on any atom is 0.269 e. The monoisotopic (exact) mass is 559 g/mol. The first-order valence-corrected chi connectivity index (χ1v) is 13.8. The van der Waals surface area contributed by atoms with Gasteiger partial charge in [-0.1, -0.05) is 42.5 Å². The zero-order valence-electron chi connectivity index (χ0n) is 19.7. The Labute approximate surface area is 224 Å². The van der Waals surface area contributed by atoms with Crippen molar-refractivity contribution in [2.75, 3.05) is 0 Å². The van der Waals surface area contributed by atoms with Gasteiger partial charge in [0, 0.05) is 47.1 Å². The molecule has 0 aliphatic heterocycles. The van der Waals surface area contributed by atoms with Gasteiger partial charge in [0.25, 0.3) is 5.69 Å². The van der Waals surface area contributed by atoms with Gasteiger partial charge in [0.15, 0.2) is 0 Å². The van der Waals surface area contributed by atoms with Gasteiger partial charge in [-0.15, -0.1) is 23.2 Å². The number of nitro benzene ring substituents is 1. The number of hydrogen-bond acceptors (Lipinski definition) is 6. The minimum Gasteiger partial charge on any atom is -0.384 e. The van der Waals surface area contributed by atoms with E-state index < -0.39 is 21.1 Å². The standard InChI is InChI=1S/C26H23Cl2N3O5S/c1-16-5-8-18-3-2-4-21(25(18)30-16)26(32)24-19(13-27)9-12-23(22(24)14-28)37(35,36)29-15-17-6-10-20(11-7-17)31(33)34/h2-12,26,29,32H,13-15H2,1H3. The molecular formula is C26H23Cl2N3O5S. The Morgan fingerprint density at radius 3 is 2.41 bits per heavy atom. The number of nitro groups is 1. The molecule has 1 unspecified atom stereocenters. The number of para-hydroxylation sites is 1. The summed E-state index contributed by atoms with van der Waals surface area (Å²) >= 11 is 12.5. The Hall–Kier alpha value is -3.08. The SMILES string of the molecule is Cc1ccc2cccc(C(O)c3c(CCl)ccc(S(=O)(=O)NCc4ccc([N+](=O)[O-])cc4)c3CCl)c2n1. The largest absolute Gasteiger partial charge is 0.384 e. The average Bonchev–Trinajstić information content (AvgIpc) is 2.90. The molecule has 3 aromatic carbocycles. The highest BCUT2D eigenvalue weighted by Gasteiger charge is 2.27. The molecule has 2 N–H and O–H groups in total. The quantitative estimate of drug-likeness (QED) is 0.159. The predicted molar refractivity (Wildman–Crippen MR) is 143 cm³/mol. The topological polar surface area (TPSA) is 122 Å². The van der Waals surface area contributed by atoms with E-state index in [1.54, 1.807) is 18.2 Å². The number of nitrogens with one attached hydrogen (secondary N) is 1. The second kappa shape index (κ2) is 11.1. The van der Waals surface area contributed by atoms with Crippen LogP contribution in [-0.2, 0) is 28.3 Å². The fourth-order valence-electron chi connectivity index (χ4n) is 4.18. The lowest BCUT2D eigenvalue weighted by atomic mass is 9.92. The number of non-ortho nitro benzene ring substituents is 1. The van der Waals surface area contributed by atoms with Crippen LogP contribution in [-0.4, -0.2) is 23.4 Å². The first-order chi connectivity index (χ1) is 17.7. The van der Waals surface area contributed by atoms with Crippen LogP contribution in [0, 0.1) is 17.0 Å². The van der Waals surface area contributed by atoms with E-state index in [-0.39, 0.29) is 34.5 Å². The van der Waals surface area contributed by atoms with E-state index in [1.165, 1.54) is 30.3 Å². The summed E-state index contributed by atoms with van der Waals surface area (Å²) in [5, 5.41) is 23.2. The maximum absolute atomic E-state index is 13.3. The molecule has 8 nitrogen and oxygen atoms in total. The third kappa shape index (κ3) is 5.61. The third-order valence-corrected chi connectivity index (χ3v) is 8.08. The van der Waals surface area contributed by atoms with Gasteiger partial charge in [0.05, 0.1) is 15.3 Å². The molecule has 0 spiro atoms. The fourth-order valence-corrected chi connectivity index (χ4v) is 6.04. The highest BCUT2D eigenvalue weighted by atomic mass is 35.5. The molecule has 0 fully saturated rings. The number of alkyl halides is 2. The van der Waals surface area contributed by atoms with Gasteiger partial charge in [-0.25, -0.2) is 13.1 Å². The van der Waals surface area contributed by atoms with Crippen LogP contribution >= 0.6 is 23.2 Å². The lowest BCUT2D eigenvalue weighted by Crippen LogP contribution is -2.25. The highest BCUT2D eigenvalue weighted by Crippen LogP contribution is 2.36. The van der Waals surface area contributed by atoms with Crippen molar-refractivity contribution in [3.05, 3.63) is 110 Å². The predicted octanol–water partition coefficient (Wildman–Crippen LogP) is 5.49. The number of halogens is 2. The second-order valence-corrected chi connectivity index (χ2v) is 10.7. The van der Waals surface area contributed by atoms with Gasteiger partial charge >= 0.3 is 0 Å². The molecule has 192 valence electrons. The summed E-state index contributed by atoms with van der Waals surface area (Å²) < 4.78 is 29.2. The molecule has 0 saturated heterocycles. The molecule has 0 aliphatic carbocycles. The molecule has 37 heavy (non-hydrogen) atoms. The molecule has 1 heterocycles. The molecule has 0 amide bonds. The summed E-state index contributed by atoms with van der Waals surface area (Å²) in [4.78, 5) is 14.8. The number of sulfonamides is 1. The number of aliphatic hydroxyl groups excluding tert-OH is 1. The van der Waals surface area contributed by atoms with Crippen molar-refractivity contribution in [2.45, 2.75) is 36.2 Å². The van der Waals surface area contributed by atoms with Crippen molar-refractivity contribution >= 4 is 49.8 Å². The van der Waals surface area contributed by atoms with Crippen molar-refractivity contribution in [1.82, 2.24) is 9.71 Å². The van der Waals surface area contributed by atoms with Crippen LogP contribution in [0.4, 0.5) is 5.69 Å². The summed E-state index contributed by atoms with van der Waals surface area (Å²) in [7, 11) is -4.08. The van der Waals surface area contributed by atoms with Crippen molar-refractivity contribution in [3.63, 3.8) is 0 Å². The minimum absolute atomic E-state index is 0.0318. The van der Waals surface area contributed by atoms with E-state index in [2.05, 4.69) is 9.71 Å². The number of aromatic nitrogens is 1. The number of aryl methyl sites for hydroxylation is 1. The molecule has 0 radical (unpaired) electrons. The van der Waals surface area contributed by atoms with Crippen LogP contribution in [0.1, 0.15) is 39.6 Å². The Bertz CT molecular complexity index is 1580. The Kier molecular flexibility index (Phi) is 8.11. The molecule has 1 aromatic heterocycles. The summed E-state index contributed by atoms with van der Waals surface area (Å²) in [5.41, 5.74) is 3.42. The van der Waals surface area contributed by atoms with Gasteiger partial charge in [0.2, 0.25) is 10.0 Å². The van der Waals surface area contributed by atoms with Crippen LogP contribution in [0.3, 0.4) is 0 Å². The summed E-state index contributed by atoms with van der Waals surface area (Å²) in [6, 6.07) is 17.7. The van der Waals surface area contributed by atoms with Crippen LogP contribution in [0.5, 0.6) is 0 Å². The summed E-state index contributed by atoms with van der Waals surface area (Å²) in [6.07, 6.45) is -1.23. The van der Waals surface area contributed by atoms with E-state index in [9.17, 15) is 23.6 Å². The zero-order valence-corrected chi connectivity index (χ0v) is 22.0. The molecule has 0 aliphatic rings. The minimum atomic E-state index is -4.08. The summed E-state index contributed by atoms with van der Waals surface area (Å²) in [5.74, 6) is -0.161. The zero-order chi connectivity index (χ0) is 26.7. The normalized spacial score (nSPS) is 12.5. The van der Waals surface area contributed by atoms with Crippen LogP contribution in [0.25, 0.3) is 10.9 Å². The van der Waals surface area contributed by atoms with E-state index in [4.69, 9.17) is 23.2 Å². The number of fused-ring (bicyclic) bond motifs is 1. The van der Waals surface area contributed by atoms with Crippen molar-refractivity contribution in [3.8, 4) is 0 Å².